The first kappa shape index (κ1) is 15.3. The van der Waals surface area contributed by atoms with Crippen molar-refractivity contribution >= 4 is 39.9 Å². The van der Waals surface area contributed by atoms with Gasteiger partial charge >= 0.3 is 12.0 Å². The molecule has 0 aliphatic rings. The second-order valence-electron chi connectivity index (χ2n) is 4.02. The molecule has 0 spiro atoms. The van der Waals surface area contributed by atoms with Gasteiger partial charge in [0.1, 0.15) is 10.8 Å². The predicted molar refractivity (Wildman–Crippen MR) is 78.5 cm³/mol. The van der Waals surface area contributed by atoms with Gasteiger partial charge in [0, 0.05) is 6.54 Å². The minimum atomic E-state index is -1.11. The maximum absolute atomic E-state index is 13.0. The average molecular weight is 329 g/mol. The number of benzene rings is 1. The maximum atomic E-state index is 13.0. The van der Waals surface area contributed by atoms with Gasteiger partial charge in [-0.15, -0.1) is 11.3 Å². The van der Waals surface area contributed by atoms with Gasteiger partial charge in [-0.25, -0.2) is 14.0 Å². The number of anilines is 1. The van der Waals surface area contributed by atoms with Crippen LogP contribution in [0.3, 0.4) is 0 Å². The number of halogens is 2. The summed E-state index contributed by atoms with van der Waals surface area (Å²) in [5.41, 5.74) is 0.654. The molecule has 0 unspecified atom stereocenters. The van der Waals surface area contributed by atoms with Crippen LogP contribution in [0.15, 0.2) is 29.6 Å². The topological polar surface area (TPSA) is 78.4 Å². The highest BCUT2D eigenvalue weighted by molar-refractivity contribution is 7.14. The molecule has 1 heterocycles. The van der Waals surface area contributed by atoms with Crippen molar-refractivity contribution in [1.29, 1.82) is 0 Å². The maximum Gasteiger partial charge on any atom is 0.338 e. The monoisotopic (exact) mass is 328 g/mol. The van der Waals surface area contributed by atoms with Gasteiger partial charge in [-0.05, 0) is 29.1 Å². The summed E-state index contributed by atoms with van der Waals surface area (Å²) in [5.74, 6) is -1.65. The van der Waals surface area contributed by atoms with Crippen LogP contribution in [0.1, 0.15) is 15.9 Å². The zero-order chi connectivity index (χ0) is 15.4. The highest BCUT2D eigenvalue weighted by Crippen LogP contribution is 2.23. The molecule has 3 N–H and O–H groups in total. The summed E-state index contributed by atoms with van der Waals surface area (Å²) < 4.78 is 13.0. The fourth-order valence-electron chi connectivity index (χ4n) is 1.55. The molecule has 2 aromatic rings. The highest BCUT2D eigenvalue weighted by Gasteiger charge is 2.13. The lowest BCUT2D eigenvalue weighted by molar-refractivity contribution is 0.0698. The van der Waals surface area contributed by atoms with E-state index in [4.69, 9.17) is 16.7 Å². The first-order chi connectivity index (χ1) is 9.97. The summed E-state index contributed by atoms with van der Waals surface area (Å²) in [6, 6.07) is 4.96. The molecule has 110 valence electrons. The number of carboxylic acids is 1. The minimum absolute atomic E-state index is 0.0267. The van der Waals surface area contributed by atoms with Crippen LogP contribution in [-0.4, -0.2) is 17.1 Å². The summed E-state index contributed by atoms with van der Waals surface area (Å²) >= 11 is 6.74. The van der Waals surface area contributed by atoms with Gasteiger partial charge in [-0.3, -0.25) is 5.32 Å². The van der Waals surface area contributed by atoms with Crippen molar-refractivity contribution < 1.29 is 19.1 Å². The Labute approximate surface area is 128 Å². The Morgan fingerprint density at radius 2 is 2.10 bits per heavy atom. The molecule has 1 aromatic carbocycles. The largest absolute Gasteiger partial charge is 0.478 e. The molecule has 21 heavy (non-hydrogen) atoms. The first-order valence-electron chi connectivity index (χ1n) is 5.77. The minimum Gasteiger partial charge on any atom is -0.478 e. The van der Waals surface area contributed by atoms with E-state index >= 15 is 0 Å². The molecule has 0 bridgehead atoms. The molecular weight excluding hydrogens is 319 g/mol. The number of rotatable bonds is 4. The summed E-state index contributed by atoms with van der Waals surface area (Å²) in [6.45, 7) is 0.139. The van der Waals surface area contributed by atoms with Crippen LogP contribution in [0, 0.1) is 5.82 Å². The van der Waals surface area contributed by atoms with Crippen LogP contribution in [0.25, 0.3) is 0 Å². The highest BCUT2D eigenvalue weighted by atomic mass is 35.5. The molecule has 0 saturated heterocycles. The van der Waals surface area contributed by atoms with E-state index < -0.39 is 17.8 Å². The third-order valence-corrected chi connectivity index (χ3v) is 3.68. The Hall–Kier alpha value is -2.12. The average Bonchev–Trinajstić information content (AvgIpc) is 2.88. The number of amides is 2. The molecule has 8 heteroatoms. The lowest BCUT2D eigenvalue weighted by atomic mass is 10.2. The van der Waals surface area contributed by atoms with E-state index in [0.29, 0.717) is 5.56 Å². The Balaban J connectivity index is 1.94. The van der Waals surface area contributed by atoms with Gasteiger partial charge in [0.15, 0.2) is 0 Å². The SMILES string of the molecule is O=C(NCc1ccc(F)c(Cl)c1)Nc1sccc1C(=O)O. The van der Waals surface area contributed by atoms with E-state index in [9.17, 15) is 14.0 Å². The molecular formula is C13H10ClFN2O3S. The third-order valence-electron chi connectivity index (χ3n) is 2.56. The number of carboxylic acid groups (broad SMARTS) is 1. The van der Waals surface area contributed by atoms with Crippen molar-refractivity contribution in [3.05, 3.63) is 51.6 Å². The normalized spacial score (nSPS) is 10.2. The van der Waals surface area contributed by atoms with Crippen LogP contribution in [-0.2, 0) is 6.54 Å². The molecule has 2 rings (SSSR count). The smallest absolute Gasteiger partial charge is 0.338 e. The fraction of sp³-hybridized carbons (Fsp3) is 0.0769. The molecule has 1 aromatic heterocycles. The number of thiophene rings is 1. The second kappa shape index (κ2) is 6.55. The van der Waals surface area contributed by atoms with Crippen molar-refractivity contribution in [1.82, 2.24) is 5.32 Å². The van der Waals surface area contributed by atoms with Crippen molar-refractivity contribution in [2.45, 2.75) is 6.54 Å². The van der Waals surface area contributed by atoms with Crippen LogP contribution < -0.4 is 10.6 Å². The van der Waals surface area contributed by atoms with Crippen molar-refractivity contribution in [2.75, 3.05) is 5.32 Å². The summed E-state index contributed by atoms with van der Waals surface area (Å²) in [6.07, 6.45) is 0. The molecule has 0 radical (unpaired) electrons. The van der Waals surface area contributed by atoms with Gasteiger partial charge in [0.2, 0.25) is 0 Å². The van der Waals surface area contributed by atoms with E-state index in [0.717, 1.165) is 11.3 Å². The second-order valence-corrected chi connectivity index (χ2v) is 5.35. The van der Waals surface area contributed by atoms with Gasteiger partial charge < -0.3 is 10.4 Å². The lowest BCUT2D eigenvalue weighted by Gasteiger charge is -2.07. The van der Waals surface area contributed by atoms with Gasteiger partial charge in [-0.1, -0.05) is 17.7 Å². The molecule has 0 aliphatic carbocycles. The molecule has 2 amide bonds. The molecule has 0 aliphatic heterocycles. The van der Waals surface area contributed by atoms with E-state index in [1.54, 1.807) is 5.38 Å². The number of urea groups is 1. The van der Waals surface area contributed by atoms with E-state index in [1.807, 2.05) is 0 Å². The van der Waals surface area contributed by atoms with Crippen LogP contribution in [0.5, 0.6) is 0 Å². The number of aromatic carboxylic acids is 1. The predicted octanol–water partition coefficient (Wildman–Crippen LogP) is 3.56. The van der Waals surface area contributed by atoms with Crippen LogP contribution >= 0.6 is 22.9 Å². The fourth-order valence-corrected chi connectivity index (χ4v) is 2.53. The molecule has 0 atom stereocenters. The van der Waals surface area contributed by atoms with Gasteiger partial charge in [0.05, 0.1) is 10.6 Å². The standard InChI is InChI=1S/C13H10ClFN2O3S/c14-9-5-7(1-2-10(9)15)6-16-13(20)17-11-8(12(18)19)3-4-21-11/h1-5H,6H2,(H,18,19)(H2,16,17,20). The van der Waals surface area contributed by atoms with E-state index in [2.05, 4.69) is 10.6 Å². The number of hydrogen-bond donors (Lipinski definition) is 3. The molecule has 5 nitrogen and oxygen atoms in total. The number of carbonyl (C=O) groups is 2. The van der Waals surface area contributed by atoms with E-state index in [1.165, 1.54) is 24.3 Å². The van der Waals surface area contributed by atoms with Crippen molar-refractivity contribution in [3.8, 4) is 0 Å². The quantitative estimate of drug-likeness (QED) is 0.803. The zero-order valence-corrected chi connectivity index (χ0v) is 12.1. The Morgan fingerprint density at radius 1 is 1.33 bits per heavy atom. The van der Waals surface area contributed by atoms with E-state index in [-0.39, 0.29) is 22.1 Å². The van der Waals surface area contributed by atoms with Crippen molar-refractivity contribution in [3.63, 3.8) is 0 Å². The summed E-state index contributed by atoms with van der Waals surface area (Å²) in [5, 5.41) is 15.7. The first-order valence-corrected chi connectivity index (χ1v) is 7.02. The van der Waals surface area contributed by atoms with Crippen LogP contribution in [0.2, 0.25) is 5.02 Å². The number of nitrogens with one attached hydrogen (secondary N) is 2. The Morgan fingerprint density at radius 3 is 2.76 bits per heavy atom. The zero-order valence-electron chi connectivity index (χ0n) is 10.5. The molecule has 0 saturated carbocycles. The van der Waals surface area contributed by atoms with Gasteiger partial charge in [-0.2, -0.15) is 0 Å². The number of hydrogen-bond acceptors (Lipinski definition) is 3. The Bertz CT molecular complexity index is 690. The van der Waals surface area contributed by atoms with Crippen LogP contribution in [0.4, 0.5) is 14.2 Å². The lowest BCUT2D eigenvalue weighted by Crippen LogP contribution is -2.28. The third kappa shape index (κ3) is 3.93. The van der Waals surface area contributed by atoms with Crippen molar-refractivity contribution in [2.24, 2.45) is 0 Å². The Kier molecular flexibility index (Phi) is 4.77. The number of carbonyl (C=O) groups excluding carboxylic acids is 1. The summed E-state index contributed by atoms with van der Waals surface area (Å²) in [4.78, 5) is 22.6. The molecule has 0 fully saturated rings. The van der Waals surface area contributed by atoms with Gasteiger partial charge in [0.25, 0.3) is 0 Å². The summed E-state index contributed by atoms with van der Waals surface area (Å²) in [7, 11) is 0.